The third-order valence-corrected chi connectivity index (χ3v) is 1.44. The van der Waals surface area contributed by atoms with E-state index < -0.39 is 30.3 Å². The summed E-state index contributed by atoms with van der Waals surface area (Å²) < 4.78 is 109. The van der Waals surface area contributed by atoms with Crippen molar-refractivity contribution in [3.05, 3.63) is 0 Å². The molecule has 0 heterocycles. The first-order valence-electron chi connectivity index (χ1n) is 3.29. The summed E-state index contributed by atoms with van der Waals surface area (Å²) in [5, 5.41) is 7.62. The van der Waals surface area contributed by atoms with Crippen molar-refractivity contribution in [1.29, 1.82) is 0 Å². The van der Waals surface area contributed by atoms with Gasteiger partial charge in [-0.2, -0.15) is 39.5 Å². The van der Waals surface area contributed by atoms with Crippen LogP contribution in [0.3, 0.4) is 0 Å². The van der Waals surface area contributed by atoms with Crippen LogP contribution in [0.5, 0.6) is 0 Å². The number of carboxylic acid groups (broad SMARTS) is 1. The Morgan fingerprint density at radius 1 is 0.765 bits per heavy atom. The first-order valence-corrected chi connectivity index (χ1v) is 3.29. The molecule has 3 nitrogen and oxygen atoms in total. The summed E-state index contributed by atoms with van der Waals surface area (Å²) in [6.45, 7) is 0. The fourth-order valence-corrected chi connectivity index (χ4v) is 0.787. The van der Waals surface area contributed by atoms with Crippen LogP contribution in [0.15, 0.2) is 0 Å². The van der Waals surface area contributed by atoms with Gasteiger partial charge >= 0.3 is 30.3 Å². The van der Waals surface area contributed by atoms with Crippen molar-refractivity contribution in [3.8, 4) is 0 Å². The molecule has 1 N–H and O–H groups in total. The lowest BCUT2D eigenvalue weighted by Crippen LogP contribution is -2.68. The normalized spacial score (nSPS) is 14.6. The molecule has 0 spiro atoms. The second-order valence-electron chi connectivity index (χ2n) is 2.54. The van der Waals surface area contributed by atoms with E-state index in [1.54, 1.807) is 0 Å². The number of hydrogen-bond donors (Lipinski definition) is 1. The molecule has 0 amide bonds. The largest absolute Gasteiger partial charge is 0.507 e. The smallest absolute Gasteiger partial charge is 0.450 e. The van der Waals surface area contributed by atoms with E-state index in [-0.39, 0.29) is 0 Å². The Labute approximate surface area is 85.8 Å². The van der Waals surface area contributed by atoms with Gasteiger partial charge in [-0.3, -0.25) is 0 Å². The van der Waals surface area contributed by atoms with Crippen molar-refractivity contribution in [1.82, 2.24) is 0 Å². The van der Waals surface area contributed by atoms with Crippen LogP contribution in [0.4, 0.5) is 44.3 Å². The molecular weight excluding hydrogens is 279 g/mol. The number of alkyl halides is 9. The van der Waals surface area contributed by atoms with Gasteiger partial charge < -0.3 is 9.84 Å². The van der Waals surface area contributed by atoms with E-state index in [9.17, 15) is 44.3 Å². The van der Waals surface area contributed by atoms with Crippen LogP contribution >= 0.6 is 0 Å². The Morgan fingerprint density at radius 3 is 1.06 bits per heavy atom. The molecule has 0 bridgehead atoms. The minimum absolute atomic E-state index is 2.07. The van der Waals surface area contributed by atoms with Gasteiger partial charge in [0.15, 0.2) is 0 Å². The van der Waals surface area contributed by atoms with E-state index in [1.165, 1.54) is 0 Å². The maximum Gasteiger partial charge on any atom is 0.507 e. The number of carbonyl (C=O) groups is 1. The topological polar surface area (TPSA) is 46.5 Å². The zero-order chi connectivity index (χ0) is 14.3. The third-order valence-electron chi connectivity index (χ3n) is 1.44. The van der Waals surface area contributed by atoms with Crippen molar-refractivity contribution in [2.75, 3.05) is 0 Å². The highest BCUT2D eigenvalue weighted by molar-refractivity contribution is 5.58. The minimum Gasteiger partial charge on any atom is -0.450 e. The monoisotopic (exact) mass is 280 g/mol. The second-order valence-corrected chi connectivity index (χ2v) is 2.54. The van der Waals surface area contributed by atoms with Crippen LogP contribution in [-0.4, -0.2) is 35.4 Å². The lowest BCUT2D eigenvalue weighted by molar-refractivity contribution is -0.445. The van der Waals surface area contributed by atoms with Crippen LogP contribution in [-0.2, 0) is 4.74 Å². The molecule has 0 rings (SSSR count). The van der Waals surface area contributed by atoms with E-state index in [0.29, 0.717) is 0 Å². The predicted octanol–water partition coefficient (Wildman–Crippen LogP) is 3.11. The molecule has 0 aromatic carbocycles. The molecule has 0 aliphatic carbocycles. The van der Waals surface area contributed by atoms with E-state index in [0.717, 1.165) is 0 Å². The summed E-state index contributed by atoms with van der Waals surface area (Å²) in [5.74, 6) is 0. The third kappa shape index (κ3) is 2.49. The van der Waals surface area contributed by atoms with Gasteiger partial charge in [0.25, 0.3) is 0 Å². The Balaban J connectivity index is 6.02. The molecule has 0 radical (unpaired) electrons. The first-order chi connectivity index (χ1) is 7.17. The zero-order valence-corrected chi connectivity index (χ0v) is 7.17. The summed E-state index contributed by atoms with van der Waals surface area (Å²) >= 11 is 0. The quantitative estimate of drug-likeness (QED) is 0.593. The molecule has 0 aromatic heterocycles. The van der Waals surface area contributed by atoms with Gasteiger partial charge in [0, 0.05) is 0 Å². The predicted molar refractivity (Wildman–Crippen MR) is 30.0 cm³/mol. The highest BCUT2D eigenvalue weighted by atomic mass is 19.4. The SMILES string of the molecule is O=C(O)OC(C(F)(F)F)(C(F)(F)F)C(F)(F)F. The van der Waals surface area contributed by atoms with Crippen LogP contribution in [0, 0.1) is 0 Å². The molecule has 0 fully saturated rings. The highest BCUT2D eigenvalue weighted by Crippen LogP contribution is 2.54. The average Bonchev–Trinajstić information content (AvgIpc) is 1.91. The lowest BCUT2D eigenvalue weighted by atomic mass is 10.0. The standard InChI is InChI=1S/C5HF9O3/c6-3(7,8)2(4(9,10)11,5(12,13)14)17-1(15)16/h(H,15,16). The van der Waals surface area contributed by atoms with Gasteiger partial charge in [-0.15, -0.1) is 0 Å². The lowest BCUT2D eigenvalue weighted by Gasteiger charge is -2.36. The summed E-state index contributed by atoms with van der Waals surface area (Å²) in [6.07, 6.45) is -24.5. The van der Waals surface area contributed by atoms with E-state index in [2.05, 4.69) is 4.74 Å². The summed E-state index contributed by atoms with van der Waals surface area (Å²) in [5.41, 5.74) is -6.77. The molecule has 0 aromatic rings. The van der Waals surface area contributed by atoms with E-state index >= 15 is 0 Å². The molecular formula is C5HF9O3. The highest BCUT2D eigenvalue weighted by Gasteiger charge is 2.87. The maximum atomic E-state index is 11.9. The fraction of sp³-hybridized carbons (Fsp3) is 0.800. The summed E-state index contributed by atoms with van der Waals surface area (Å²) in [7, 11) is 0. The van der Waals surface area contributed by atoms with E-state index in [1.807, 2.05) is 0 Å². The molecule has 0 saturated carbocycles. The van der Waals surface area contributed by atoms with Crippen LogP contribution < -0.4 is 0 Å². The van der Waals surface area contributed by atoms with Gasteiger partial charge in [-0.25, -0.2) is 4.79 Å². The number of rotatable bonds is 1. The van der Waals surface area contributed by atoms with Crippen LogP contribution in [0.25, 0.3) is 0 Å². The van der Waals surface area contributed by atoms with Gasteiger partial charge in [-0.1, -0.05) is 0 Å². The number of hydrogen-bond acceptors (Lipinski definition) is 2. The van der Waals surface area contributed by atoms with Crippen molar-refractivity contribution < 1.29 is 54.2 Å². The Kier molecular flexibility index (Phi) is 3.53. The van der Waals surface area contributed by atoms with E-state index in [4.69, 9.17) is 5.11 Å². The Hall–Kier alpha value is -1.36. The molecule has 0 aliphatic rings. The molecule has 17 heavy (non-hydrogen) atoms. The van der Waals surface area contributed by atoms with Crippen molar-refractivity contribution >= 4 is 6.16 Å². The molecule has 12 heteroatoms. The van der Waals surface area contributed by atoms with Crippen LogP contribution in [0.1, 0.15) is 0 Å². The Morgan fingerprint density at radius 2 is 1.00 bits per heavy atom. The maximum absolute atomic E-state index is 11.9. The van der Waals surface area contributed by atoms with Gasteiger partial charge in [0.1, 0.15) is 0 Å². The average molecular weight is 280 g/mol. The molecule has 0 atom stereocenters. The number of halogens is 9. The van der Waals surface area contributed by atoms with Crippen molar-refractivity contribution in [2.24, 2.45) is 0 Å². The van der Waals surface area contributed by atoms with Crippen molar-refractivity contribution in [2.45, 2.75) is 24.1 Å². The second kappa shape index (κ2) is 3.84. The molecule has 0 unspecified atom stereocenters. The van der Waals surface area contributed by atoms with Crippen LogP contribution in [0.2, 0.25) is 0 Å². The summed E-state index contributed by atoms with van der Waals surface area (Å²) in [6, 6.07) is 0. The Bertz CT molecular complexity index is 261. The molecule has 0 saturated heterocycles. The molecule has 0 aliphatic heterocycles. The zero-order valence-electron chi connectivity index (χ0n) is 7.17. The van der Waals surface area contributed by atoms with Crippen molar-refractivity contribution in [3.63, 3.8) is 0 Å². The molecule has 102 valence electrons. The summed E-state index contributed by atoms with van der Waals surface area (Å²) in [4.78, 5) is 9.63. The van der Waals surface area contributed by atoms with Gasteiger partial charge in [0.05, 0.1) is 0 Å². The van der Waals surface area contributed by atoms with Gasteiger partial charge in [0.2, 0.25) is 0 Å². The minimum atomic E-state index is -7.04. The first kappa shape index (κ1) is 15.6. The fourth-order valence-electron chi connectivity index (χ4n) is 0.787. The van der Waals surface area contributed by atoms with Gasteiger partial charge in [-0.05, 0) is 0 Å². The number of ether oxygens (including phenoxy) is 1.